The summed E-state index contributed by atoms with van der Waals surface area (Å²) in [5.74, 6) is 1.21. The molecule has 3 atom stereocenters. The molecule has 4 nitrogen and oxygen atoms in total. The van der Waals surface area contributed by atoms with Crippen LogP contribution in [0.3, 0.4) is 0 Å². The van der Waals surface area contributed by atoms with Gasteiger partial charge >= 0.3 is 6.09 Å². The number of rotatable bonds is 2. The number of carbonyl (C=O) groups is 1. The number of aryl methyl sites for hydroxylation is 1. The quantitative estimate of drug-likeness (QED) is 0.599. The molecule has 4 heteroatoms. The first kappa shape index (κ1) is 16.9. The summed E-state index contributed by atoms with van der Waals surface area (Å²) in [5.41, 5.74) is 3.12. The van der Waals surface area contributed by atoms with Crippen molar-refractivity contribution in [2.75, 3.05) is 5.32 Å². The molecular weight excluding hydrogens is 350 g/mol. The van der Waals surface area contributed by atoms with Crippen LogP contribution in [-0.4, -0.2) is 18.3 Å². The summed E-state index contributed by atoms with van der Waals surface area (Å²) in [6.45, 7) is 2.06. The van der Waals surface area contributed by atoms with Crippen molar-refractivity contribution >= 4 is 22.6 Å². The summed E-state index contributed by atoms with van der Waals surface area (Å²) >= 11 is 0. The van der Waals surface area contributed by atoms with Crippen molar-refractivity contribution in [2.24, 2.45) is 0 Å². The normalized spacial score (nSPS) is 22.2. The number of anilines is 1. The Morgan fingerprint density at radius 2 is 1.86 bits per heavy atom. The summed E-state index contributed by atoms with van der Waals surface area (Å²) in [6, 6.07) is 20.0. The maximum Gasteiger partial charge on any atom is 0.412 e. The summed E-state index contributed by atoms with van der Waals surface area (Å²) in [7, 11) is 0. The van der Waals surface area contributed by atoms with Crippen LogP contribution in [0.4, 0.5) is 10.5 Å². The molecule has 1 amide bonds. The van der Waals surface area contributed by atoms with E-state index in [-0.39, 0.29) is 18.1 Å². The van der Waals surface area contributed by atoms with Crippen molar-refractivity contribution in [1.82, 2.24) is 0 Å². The van der Waals surface area contributed by atoms with Gasteiger partial charge in [0.05, 0.1) is 5.69 Å². The second-order valence-corrected chi connectivity index (χ2v) is 7.39. The Labute approximate surface area is 163 Å². The predicted molar refractivity (Wildman–Crippen MR) is 110 cm³/mol. The second-order valence-electron chi connectivity index (χ2n) is 7.39. The third-order valence-corrected chi connectivity index (χ3v) is 5.55. The Morgan fingerprint density at radius 3 is 2.79 bits per heavy atom. The van der Waals surface area contributed by atoms with E-state index in [1.165, 1.54) is 5.56 Å². The van der Waals surface area contributed by atoms with Gasteiger partial charge in [0.15, 0.2) is 0 Å². The van der Waals surface area contributed by atoms with Gasteiger partial charge in [-0.1, -0.05) is 60.7 Å². The first-order valence-corrected chi connectivity index (χ1v) is 9.59. The van der Waals surface area contributed by atoms with Gasteiger partial charge in [0.2, 0.25) is 0 Å². The minimum Gasteiger partial charge on any atom is -0.489 e. The molecule has 140 valence electrons. The standard InChI is InChI=1S/C24H21NO3/c1-15-6-4-10-20-19-13-12-17(14-22(19)28-23(15)20)27-24(26)25-21-11-5-8-16-7-2-3-9-18(16)21/h2-13,17,19,22H,14H2,1H3,(H,25,26)/t17-,19-,22?/m0/s1. The van der Waals surface area contributed by atoms with E-state index in [0.717, 1.165) is 27.8 Å². The smallest absolute Gasteiger partial charge is 0.412 e. The highest BCUT2D eigenvalue weighted by atomic mass is 16.6. The van der Waals surface area contributed by atoms with Crippen LogP contribution in [0.25, 0.3) is 10.8 Å². The number of fused-ring (bicyclic) bond motifs is 4. The molecule has 0 aromatic heterocycles. The van der Waals surface area contributed by atoms with Crippen LogP contribution in [-0.2, 0) is 4.74 Å². The third kappa shape index (κ3) is 2.91. The van der Waals surface area contributed by atoms with Gasteiger partial charge in [0, 0.05) is 23.3 Å². The lowest BCUT2D eigenvalue weighted by Crippen LogP contribution is -2.31. The van der Waals surface area contributed by atoms with Crippen LogP contribution in [0, 0.1) is 6.92 Å². The van der Waals surface area contributed by atoms with Gasteiger partial charge in [-0.05, 0) is 30.0 Å². The van der Waals surface area contributed by atoms with Crippen LogP contribution in [0.15, 0.2) is 72.8 Å². The van der Waals surface area contributed by atoms with Crippen LogP contribution in [0.5, 0.6) is 5.75 Å². The molecule has 1 N–H and O–H groups in total. The van der Waals surface area contributed by atoms with E-state index in [9.17, 15) is 4.79 Å². The van der Waals surface area contributed by atoms with E-state index in [4.69, 9.17) is 9.47 Å². The summed E-state index contributed by atoms with van der Waals surface area (Å²) in [5, 5.41) is 4.95. The minimum atomic E-state index is -0.448. The largest absolute Gasteiger partial charge is 0.489 e. The molecule has 0 fully saturated rings. The van der Waals surface area contributed by atoms with E-state index in [1.54, 1.807) is 0 Å². The van der Waals surface area contributed by atoms with Gasteiger partial charge in [-0.2, -0.15) is 0 Å². The molecule has 2 aliphatic rings. The topological polar surface area (TPSA) is 47.6 Å². The lowest BCUT2D eigenvalue weighted by Gasteiger charge is -2.26. The number of benzene rings is 3. The van der Waals surface area contributed by atoms with Crippen LogP contribution in [0.2, 0.25) is 0 Å². The van der Waals surface area contributed by atoms with Gasteiger partial charge < -0.3 is 9.47 Å². The van der Waals surface area contributed by atoms with E-state index in [0.29, 0.717) is 6.42 Å². The number of carbonyl (C=O) groups excluding carboxylic acids is 1. The lowest BCUT2D eigenvalue weighted by atomic mass is 9.87. The molecule has 5 rings (SSSR count). The molecule has 1 unspecified atom stereocenters. The Bertz CT molecular complexity index is 1080. The molecule has 1 heterocycles. The minimum absolute atomic E-state index is 0.0106. The molecule has 0 bridgehead atoms. The van der Waals surface area contributed by atoms with Crippen LogP contribution in [0.1, 0.15) is 23.5 Å². The maximum atomic E-state index is 12.5. The lowest BCUT2D eigenvalue weighted by molar-refractivity contribution is 0.0903. The highest BCUT2D eigenvalue weighted by molar-refractivity contribution is 6.00. The molecule has 1 aliphatic carbocycles. The Morgan fingerprint density at radius 1 is 1.04 bits per heavy atom. The molecular formula is C24H21NO3. The van der Waals surface area contributed by atoms with E-state index >= 15 is 0 Å². The van der Waals surface area contributed by atoms with Crippen molar-refractivity contribution in [3.8, 4) is 5.75 Å². The maximum absolute atomic E-state index is 12.5. The average molecular weight is 371 g/mol. The fourth-order valence-electron chi connectivity index (χ4n) is 4.20. The SMILES string of the molecule is Cc1cccc2c1OC1C[C@@H](OC(=O)Nc3cccc4ccccc34)C=C[C@@H]21. The predicted octanol–water partition coefficient (Wildman–Crippen LogP) is 5.57. The summed E-state index contributed by atoms with van der Waals surface area (Å²) < 4.78 is 11.8. The number of nitrogens with one attached hydrogen (secondary N) is 1. The zero-order chi connectivity index (χ0) is 19.1. The number of hydrogen-bond donors (Lipinski definition) is 1. The Kier molecular flexibility index (Phi) is 4.05. The fraction of sp³-hybridized carbons (Fsp3) is 0.208. The molecule has 3 aromatic rings. The van der Waals surface area contributed by atoms with E-state index in [1.807, 2.05) is 48.5 Å². The van der Waals surface area contributed by atoms with Gasteiger partial charge in [-0.25, -0.2) is 4.79 Å². The zero-order valence-electron chi connectivity index (χ0n) is 15.6. The van der Waals surface area contributed by atoms with Crippen LogP contribution < -0.4 is 10.1 Å². The molecule has 0 radical (unpaired) electrons. The fourth-order valence-corrected chi connectivity index (χ4v) is 4.20. The summed E-state index contributed by atoms with van der Waals surface area (Å²) in [4.78, 5) is 12.5. The van der Waals surface area contributed by atoms with Crippen molar-refractivity contribution in [3.05, 3.63) is 83.9 Å². The number of ether oxygens (including phenoxy) is 2. The average Bonchev–Trinajstić information content (AvgIpc) is 3.07. The van der Waals surface area contributed by atoms with E-state index in [2.05, 4.69) is 36.5 Å². The van der Waals surface area contributed by atoms with Crippen molar-refractivity contribution in [3.63, 3.8) is 0 Å². The highest BCUT2D eigenvalue weighted by Crippen LogP contribution is 2.44. The van der Waals surface area contributed by atoms with Gasteiger partial charge in [0.1, 0.15) is 18.0 Å². The monoisotopic (exact) mass is 371 g/mol. The Hall–Kier alpha value is -3.27. The second kappa shape index (κ2) is 6.71. The highest BCUT2D eigenvalue weighted by Gasteiger charge is 2.38. The molecule has 28 heavy (non-hydrogen) atoms. The number of hydrogen-bond acceptors (Lipinski definition) is 3. The molecule has 0 saturated carbocycles. The zero-order valence-corrected chi connectivity index (χ0v) is 15.6. The van der Waals surface area contributed by atoms with Crippen molar-refractivity contribution < 1.29 is 14.3 Å². The Balaban J connectivity index is 1.29. The van der Waals surface area contributed by atoms with Gasteiger partial charge in [-0.15, -0.1) is 0 Å². The molecule has 3 aromatic carbocycles. The van der Waals surface area contributed by atoms with Gasteiger partial charge in [-0.3, -0.25) is 5.32 Å². The summed E-state index contributed by atoms with van der Waals surface area (Å²) in [6.07, 6.45) is 4.00. The van der Waals surface area contributed by atoms with Gasteiger partial charge in [0.25, 0.3) is 0 Å². The van der Waals surface area contributed by atoms with Crippen LogP contribution >= 0.6 is 0 Å². The first-order chi connectivity index (χ1) is 13.7. The molecule has 1 aliphatic heterocycles. The molecule has 0 spiro atoms. The van der Waals surface area contributed by atoms with Crippen molar-refractivity contribution in [1.29, 1.82) is 0 Å². The third-order valence-electron chi connectivity index (χ3n) is 5.55. The first-order valence-electron chi connectivity index (χ1n) is 9.59. The van der Waals surface area contributed by atoms with Crippen molar-refractivity contribution in [2.45, 2.75) is 31.5 Å². The number of amides is 1. The number of para-hydroxylation sites is 1. The molecule has 0 saturated heterocycles. The van der Waals surface area contributed by atoms with E-state index < -0.39 is 6.09 Å².